The molecule has 0 saturated carbocycles. The van der Waals surface area contributed by atoms with Crippen LogP contribution in [-0.2, 0) is 22.6 Å². The van der Waals surface area contributed by atoms with E-state index < -0.39 is 9.85 Å². The summed E-state index contributed by atoms with van der Waals surface area (Å²) in [6.45, 7) is 2.25. The smallest absolute Gasteiger partial charge is 0.306 e. The first-order chi connectivity index (χ1) is 11.6. The Morgan fingerprint density at radius 2 is 1.25 bits per heavy atom. The molecule has 0 atom stereocenters. The van der Waals surface area contributed by atoms with Crippen LogP contribution in [0.4, 0.5) is 11.4 Å². The van der Waals surface area contributed by atoms with E-state index in [0.717, 1.165) is 0 Å². The van der Waals surface area contributed by atoms with Gasteiger partial charge in [-0.3, -0.25) is 29.6 Å². The molecule has 2 aromatic heterocycles. The summed E-state index contributed by atoms with van der Waals surface area (Å²) in [7, 11) is 0. The van der Waals surface area contributed by atoms with E-state index in [4.69, 9.17) is 9.47 Å². The highest BCUT2D eigenvalue weighted by Crippen LogP contribution is 2.08. The Kier molecular flexibility index (Phi) is 6.33. The lowest BCUT2D eigenvalue weighted by Gasteiger charge is -2.06. The first-order valence-corrected chi connectivity index (χ1v) is 7.05. The number of rotatable bonds is 11. The van der Waals surface area contributed by atoms with Gasteiger partial charge in [-0.05, 0) is 0 Å². The van der Waals surface area contributed by atoms with Gasteiger partial charge in [-0.2, -0.15) is 10.2 Å². The van der Waals surface area contributed by atoms with Crippen molar-refractivity contribution in [2.45, 2.75) is 13.1 Å². The molecule has 0 spiro atoms. The van der Waals surface area contributed by atoms with E-state index >= 15 is 0 Å². The fraction of sp³-hybridized carbons (Fsp3) is 0.500. The van der Waals surface area contributed by atoms with Crippen molar-refractivity contribution in [2.24, 2.45) is 0 Å². The van der Waals surface area contributed by atoms with Crippen LogP contribution in [-0.4, -0.2) is 55.8 Å². The quantitative estimate of drug-likeness (QED) is 0.329. The minimum absolute atomic E-state index is 0.0582. The summed E-state index contributed by atoms with van der Waals surface area (Å²) in [4.78, 5) is 20.0. The van der Waals surface area contributed by atoms with Gasteiger partial charge in [-0.15, -0.1) is 0 Å². The molecule has 0 aliphatic heterocycles. The number of aromatic nitrogens is 4. The Labute approximate surface area is 135 Å². The molecule has 0 saturated heterocycles. The second-order valence-electron chi connectivity index (χ2n) is 4.66. The maximum atomic E-state index is 10.5. The SMILES string of the molecule is O=[N+]([O-])c1cnn(CCOCCOCCn2cc([N+](=O)[O-])cn2)c1. The first kappa shape index (κ1) is 17.5. The molecule has 0 bridgehead atoms. The van der Waals surface area contributed by atoms with Gasteiger partial charge in [0, 0.05) is 0 Å². The van der Waals surface area contributed by atoms with Gasteiger partial charge in [0.05, 0.1) is 49.4 Å². The highest BCUT2D eigenvalue weighted by atomic mass is 16.6. The van der Waals surface area contributed by atoms with Crippen LogP contribution in [0.15, 0.2) is 24.8 Å². The number of hydrogen-bond donors (Lipinski definition) is 0. The van der Waals surface area contributed by atoms with Crippen LogP contribution in [0.25, 0.3) is 0 Å². The zero-order chi connectivity index (χ0) is 17.4. The summed E-state index contributed by atoms with van der Waals surface area (Å²) >= 11 is 0. The van der Waals surface area contributed by atoms with Crippen LogP contribution in [0.2, 0.25) is 0 Å². The van der Waals surface area contributed by atoms with Crippen molar-refractivity contribution >= 4 is 11.4 Å². The summed E-state index contributed by atoms with van der Waals surface area (Å²) in [5.41, 5.74) is -0.116. The lowest BCUT2D eigenvalue weighted by molar-refractivity contribution is -0.385. The zero-order valence-electron chi connectivity index (χ0n) is 12.7. The van der Waals surface area contributed by atoms with E-state index in [0.29, 0.717) is 39.5 Å². The van der Waals surface area contributed by atoms with Crippen molar-refractivity contribution in [3.63, 3.8) is 0 Å². The molecule has 2 rings (SSSR count). The number of hydrogen-bond acceptors (Lipinski definition) is 8. The molecular weight excluding hydrogens is 324 g/mol. The summed E-state index contributed by atoms with van der Waals surface area (Å²) < 4.78 is 13.5. The largest absolute Gasteiger partial charge is 0.377 e. The Morgan fingerprint density at radius 3 is 1.58 bits per heavy atom. The average Bonchev–Trinajstić information content (AvgIpc) is 3.19. The minimum atomic E-state index is -0.508. The Bertz CT molecular complexity index is 625. The Morgan fingerprint density at radius 1 is 0.833 bits per heavy atom. The van der Waals surface area contributed by atoms with E-state index in [1.165, 1.54) is 34.2 Å². The van der Waals surface area contributed by atoms with Gasteiger partial charge >= 0.3 is 11.4 Å². The lowest BCUT2D eigenvalue weighted by Crippen LogP contribution is -2.12. The van der Waals surface area contributed by atoms with Crippen LogP contribution in [0, 0.1) is 20.2 Å². The monoisotopic (exact) mass is 340 g/mol. The van der Waals surface area contributed by atoms with Gasteiger partial charge in [0.25, 0.3) is 0 Å². The fourth-order valence-corrected chi connectivity index (χ4v) is 1.78. The molecular formula is C12H16N6O6. The topological polar surface area (TPSA) is 140 Å². The Hall–Kier alpha value is -2.86. The van der Waals surface area contributed by atoms with E-state index in [1.54, 1.807) is 0 Å². The molecule has 12 heteroatoms. The maximum absolute atomic E-state index is 10.5. The molecule has 2 aromatic rings. The third kappa shape index (κ3) is 5.40. The average molecular weight is 340 g/mol. The molecule has 24 heavy (non-hydrogen) atoms. The summed E-state index contributed by atoms with van der Waals surface area (Å²) in [6, 6.07) is 0. The summed E-state index contributed by atoms with van der Waals surface area (Å²) in [5.74, 6) is 0. The van der Waals surface area contributed by atoms with Crippen molar-refractivity contribution in [3.05, 3.63) is 45.0 Å². The van der Waals surface area contributed by atoms with Gasteiger partial charge in [0.15, 0.2) is 0 Å². The molecule has 0 aliphatic rings. The molecule has 0 amide bonds. The van der Waals surface area contributed by atoms with Gasteiger partial charge < -0.3 is 9.47 Å². The third-order valence-electron chi connectivity index (χ3n) is 2.96. The predicted molar refractivity (Wildman–Crippen MR) is 79.4 cm³/mol. The zero-order valence-corrected chi connectivity index (χ0v) is 12.7. The molecule has 0 aliphatic carbocycles. The van der Waals surface area contributed by atoms with Gasteiger partial charge in [-0.25, -0.2) is 0 Å². The minimum Gasteiger partial charge on any atom is -0.377 e. The Balaban J connectivity index is 1.50. The number of nitrogens with zero attached hydrogens (tertiary/aromatic N) is 6. The third-order valence-corrected chi connectivity index (χ3v) is 2.96. The second kappa shape index (κ2) is 8.69. The second-order valence-corrected chi connectivity index (χ2v) is 4.66. The number of nitro groups is 2. The van der Waals surface area contributed by atoms with E-state index in [2.05, 4.69) is 10.2 Å². The van der Waals surface area contributed by atoms with Crippen LogP contribution in [0.5, 0.6) is 0 Å². The lowest BCUT2D eigenvalue weighted by atomic mass is 10.6. The molecule has 0 fully saturated rings. The highest BCUT2D eigenvalue weighted by molar-refractivity contribution is 5.21. The van der Waals surface area contributed by atoms with Crippen LogP contribution < -0.4 is 0 Å². The van der Waals surface area contributed by atoms with Crippen LogP contribution in [0.1, 0.15) is 0 Å². The molecule has 12 nitrogen and oxygen atoms in total. The maximum Gasteiger partial charge on any atom is 0.306 e. The molecule has 0 aromatic carbocycles. The van der Waals surface area contributed by atoms with Gasteiger partial charge in [0.1, 0.15) is 24.8 Å². The number of ether oxygens (including phenoxy) is 2. The molecule has 2 heterocycles. The predicted octanol–water partition coefficient (Wildman–Crippen LogP) is 0.629. The van der Waals surface area contributed by atoms with E-state index in [-0.39, 0.29) is 11.4 Å². The normalized spacial score (nSPS) is 10.8. The molecule has 130 valence electrons. The molecule has 0 unspecified atom stereocenters. The van der Waals surface area contributed by atoms with E-state index in [9.17, 15) is 20.2 Å². The first-order valence-electron chi connectivity index (χ1n) is 7.05. The van der Waals surface area contributed by atoms with Crippen molar-refractivity contribution in [3.8, 4) is 0 Å². The van der Waals surface area contributed by atoms with Gasteiger partial charge in [0.2, 0.25) is 0 Å². The van der Waals surface area contributed by atoms with Crippen molar-refractivity contribution in [1.82, 2.24) is 19.6 Å². The van der Waals surface area contributed by atoms with Crippen molar-refractivity contribution in [2.75, 3.05) is 26.4 Å². The molecule has 0 N–H and O–H groups in total. The standard InChI is InChI=1S/C12H16N6O6/c19-17(20)11-7-13-15(9-11)1-3-23-5-6-24-4-2-16-10-12(8-14-16)18(21)22/h7-10H,1-6H2. The van der Waals surface area contributed by atoms with Crippen LogP contribution in [0.3, 0.4) is 0 Å². The molecule has 0 radical (unpaired) electrons. The summed E-state index contributed by atoms with van der Waals surface area (Å²) in [5, 5.41) is 28.7. The highest BCUT2D eigenvalue weighted by Gasteiger charge is 2.09. The van der Waals surface area contributed by atoms with Crippen LogP contribution >= 0.6 is 0 Å². The van der Waals surface area contributed by atoms with Gasteiger partial charge in [-0.1, -0.05) is 0 Å². The fourth-order valence-electron chi connectivity index (χ4n) is 1.78. The summed E-state index contributed by atoms with van der Waals surface area (Å²) in [6.07, 6.45) is 5.04. The van der Waals surface area contributed by atoms with E-state index in [1.807, 2.05) is 0 Å². The van der Waals surface area contributed by atoms with Crippen molar-refractivity contribution in [1.29, 1.82) is 0 Å². The van der Waals surface area contributed by atoms with Crippen molar-refractivity contribution < 1.29 is 19.3 Å².